The van der Waals surface area contributed by atoms with Crippen molar-refractivity contribution in [1.29, 1.82) is 0 Å². The lowest BCUT2D eigenvalue weighted by molar-refractivity contribution is -0.125. The van der Waals surface area contributed by atoms with E-state index >= 15 is 0 Å². The van der Waals surface area contributed by atoms with Crippen molar-refractivity contribution in [2.75, 3.05) is 19.8 Å². The molecule has 0 aliphatic rings. The molecule has 0 aromatic carbocycles. The number of rotatable bonds is 10. The number of ether oxygens (including phenoxy) is 1. The van der Waals surface area contributed by atoms with E-state index in [2.05, 4.69) is 18.5 Å². The fourth-order valence-corrected chi connectivity index (χ4v) is 1.20. The fraction of sp³-hybridized carbons (Fsp3) is 0.429. The number of nitrogens with one attached hydrogen (secondary N) is 1. The van der Waals surface area contributed by atoms with E-state index in [0.29, 0.717) is 13.2 Å². The quantitative estimate of drug-likeness (QED) is 0.475. The Balaban J connectivity index is 3.71. The van der Waals surface area contributed by atoms with Crippen LogP contribution >= 0.6 is 0 Å². The SMILES string of the molecule is C=CC(=O)CCNC(=O)COC/C(C=C)=C/CC. The number of hydrogen-bond donors (Lipinski definition) is 1. The van der Waals surface area contributed by atoms with Crippen molar-refractivity contribution in [1.82, 2.24) is 5.32 Å². The number of ketones is 1. The monoisotopic (exact) mass is 251 g/mol. The van der Waals surface area contributed by atoms with Gasteiger partial charge in [0.05, 0.1) is 6.61 Å². The number of carbonyl (C=O) groups excluding carboxylic acids is 2. The molecular formula is C14H21NO3. The molecule has 0 atom stereocenters. The third-order valence-electron chi connectivity index (χ3n) is 2.15. The topological polar surface area (TPSA) is 55.4 Å². The number of amides is 1. The van der Waals surface area contributed by atoms with Crippen molar-refractivity contribution in [2.24, 2.45) is 0 Å². The first kappa shape index (κ1) is 16.3. The third kappa shape index (κ3) is 8.47. The van der Waals surface area contributed by atoms with E-state index < -0.39 is 0 Å². The molecule has 4 nitrogen and oxygen atoms in total. The first-order valence-electron chi connectivity index (χ1n) is 5.95. The molecule has 0 aliphatic carbocycles. The molecule has 4 heteroatoms. The van der Waals surface area contributed by atoms with Crippen molar-refractivity contribution in [3.05, 3.63) is 37.0 Å². The summed E-state index contributed by atoms with van der Waals surface area (Å²) >= 11 is 0. The van der Waals surface area contributed by atoms with Crippen LogP contribution in [0.2, 0.25) is 0 Å². The van der Waals surface area contributed by atoms with E-state index in [-0.39, 0.29) is 24.7 Å². The van der Waals surface area contributed by atoms with Crippen molar-refractivity contribution in [3.63, 3.8) is 0 Å². The average molecular weight is 251 g/mol. The van der Waals surface area contributed by atoms with Crippen molar-refractivity contribution in [2.45, 2.75) is 19.8 Å². The Morgan fingerprint density at radius 2 is 1.94 bits per heavy atom. The summed E-state index contributed by atoms with van der Waals surface area (Å²) in [5.74, 6) is -0.317. The maximum Gasteiger partial charge on any atom is 0.246 e. The standard InChI is InChI=1S/C14H21NO3/c1-4-7-12(5-2)10-18-11-14(17)15-9-8-13(16)6-3/h5-7H,2-4,8-11H2,1H3,(H,15,17)/b12-7+. The van der Waals surface area contributed by atoms with Crippen LogP contribution in [0.3, 0.4) is 0 Å². The van der Waals surface area contributed by atoms with Gasteiger partial charge < -0.3 is 10.1 Å². The van der Waals surface area contributed by atoms with Crippen molar-refractivity contribution < 1.29 is 14.3 Å². The van der Waals surface area contributed by atoms with Gasteiger partial charge >= 0.3 is 0 Å². The lowest BCUT2D eigenvalue weighted by Gasteiger charge is -2.06. The molecule has 0 saturated carbocycles. The highest BCUT2D eigenvalue weighted by molar-refractivity contribution is 5.89. The van der Waals surface area contributed by atoms with Crippen molar-refractivity contribution in [3.8, 4) is 0 Å². The van der Waals surface area contributed by atoms with Crippen LogP contribution in [0.1, 0.15) is 19.8 Å². The molecule has 0 heterocycles. The second kappa shape index (κ2) is 10.5. The average Bonchev–Trinajstić information content (AvgIpc) is 2.37. The molecular weight excluding hydrogens is 230 g/mol. The molecule has 1 N–H and O–H groups in total. The molecule has 0 aliphatic heterocycles. The molecule has 0 saturated heterocycles. The van der Waals surface area contributed by atoms with E-state index in [1.54, 1.807) is 6.08 Å². The Morgan fingerprint density at radius 1 is 1.22 bits per heavy atom. The molecule has 0 spiro atoms. The van der Waals surface area contributed by atoms with Crippen molar-refractivity contribution >= 4 is 11.7 Å². The third-order valence-corrected chi connectivity index (χ3v) is 2.15. The van der Waals surface area contributed by atoms with Crippen LogP contribution in [0, 0.1) is 0 Å². The number of hydrogen-bond acceptors (Lipinski definition) is 3. The van der Waals surface area contributed by atoms with E-state index in [9.17, 15) is 9.59 Å². The molecule has 0 rings (SSSR count). The summed E-state index contributed by atoms with van der Waals surface area (Å²) in [5, 5.41) is 2.59. The molecule has 0 fully saturated rings. The molecule has 1 amide bonds. The molecule has 0 aromatic heterocycles. The number of allylic oxidation sites excluding steroid dienone is 2. The highest BCUT2D eigenvalue weighted by Crippen LogP contribution is 1.98. The van der Waals surface area contributed by atoms with E-state index in [1.807, 2.05) is 13.0 Å². The minimum Gasteiger partial charge on any atom is -0.367 e. The summed E-state index contributed by atoms with van der Waals surface area (Å²) in [7, 11) is 0. The van der Waals surface area contributed by atoms with Gasteiger partial charge in [-0.05, 0) is 18.1 Å². The van der Waals surface area contributed by atoms with Gasteiger partial charge in [0, 0.05) is 13.0 Å². The summed E-state index contributed by atoms with van der Waals surface area (Å²) in [5.41, 5.74) is 0.965. The Kier molecular flexibility index (Phi) is 9.50. The molecule has 0 radical (unpaired) electrons. The smallest absolute Gasteiger partial charge is 0.246 e. The second-order valence-corrected chi connectivity index (χ2v) is 3.65. The van der Waals surface area contributed by atoms with Gasteiger partial charge in [0.2, 0.25) is 5.91 Å². The minimum atomic E-state index is -0.230. The van der Waals surface area contributed by atoms with Gasteiger partial charge in [-0.15, -0.1) is 0 Å². The zero-order chi connectivity index (χ0) is 13.8. The van der Waals surface area contributed by atoms with Gasteiger partial charge in [-0.3, -0.25) is 9.59 Å². The van der Waals surface area contributed by atoms with Gasteiger partial charge in [0.25, 0.3) is 0 Å². The summed E-state index contributed by atoms with van der Waals surface area (Å²) in [6, 6.07) is 0. The second-order valence-electron chi connectivity index (χ2n) is 3.65. The summed E-state index contributed by atoms with van der Waals surface area (Å²) in [6.07, 6.45) is 6.12. The lowest BCUT2D eigenvalue weighted by atomic mass is 10.2. The summed E-state index contributed by atoms with van der Waals surface area (Å²) in [6.45, 7) is 9.70. The maximum atomic E-state index is 11.3. The zero-order valence-corrected chi connectivity index (χ0v) is 10.9. The van der Waals surface area contributed by atoms with Crippen LogP contribution in [0.4, 0.5) is 0 Å². The van der Waals surface area contributed by atoms with Gasteiger partial charge in [-0.25, -0.2) is 0 Å². The Bertz CT molecular complexity index is 332. The van der Waals surface area contributed by atoms with Crippen LogP contribution in [-0.2, 0) is 14.3 Å². The summed E-state index contributed by atoms with van der Waals surface area (Å²) < 4.78 is 5.23. The summed E-state index contributed by atoms with van der Waals surface area (Å²) in [4.78, 5) is 22.2. The first-order valence-corrected chi connectivity index (χ1v) is 5.95. The lowest BCUT2D eigenvalue weighted by Crippen LogP contribution is -2.29. The Hall–Kier alpha value is -1.68. The van der Waals surface area contributed by atoms with Crippen LogP contribution < -0.4 is 5.32 Å². The van der Waals surface area contributed by atoms with Crippen LogP contribution in [-0.4, -0.2) is 31.4 Å². The van der Waals surface area contributed by atoms with Crippen LogP contribution in [0.25, 0.3) is 0 Å². The minimum absolute atomic E-state index is 0.0167. The Labute approximate surface area is 108 Å². The normalized spacial score (nSPS) is 10.8. The highest BCUT2D eigenvalue weighted by Gasteiger charge is 2.02. The number of carbonyl (C=O) groups is 2. The van der Waals surface area contributed by atoms with E-state index in [4.69, 9.17) is 4.74 Å². The fourth-order valence-electron chi connectivity index (χ4n) is 1.20. The first-order chi connectivity index (χ1) is 8.63. The van der Waals surface area contributed by atoms with Gasteiger partial charge in [0.1, 0.15) is 6.61 Å². The molecule has 0 aromatic rings. The van der Waals surface area contributed by atoms with Gasteiger partial charge in [-0.2, -0.15) is 0 Å². The van der Waals surface area contributed by atoms with Gasteiger partial charge in [0.15, 0.2) is 5.78 Å². The van der Waals surface area contributed by atoms with Gasteiger partial charge in [-0.1, -0.05) is 32.2 Å². The highest BCUT2D eigenvalue weighted by atomic mass is 16.5. The predicted octanol–water partition coefficient (Wildman–Crippen LogP) is 1.79. The largest absolute Gasteiger partial charge is 0.367 e. The molecule has 100 valence electrons. The molecule has 0 bridgehead atoms. The predicted molar refractivity (Wildman–Crippen MR) is 72.2 cm³/mol. The van der Waals surface area contributed by atoms with E-state index in [0.717, 1.165) is 12.0 Å². The zero-order valence-electron chi connectivity index (χ0n) is 10.9. The maximum absolute atomic E-state index is 11.3. The Morgan fingerprint density at radius 3 is 2.50 bits per heavy atom. The van der Waals surface area contributed by atoms with Crippen LogP contribution in [0.5, 0.6) is 0 Å². The van der Waals surface area contributed by atoms with Crippen LogP contribution in [0.15, 0.2) is 37.0 Å². The molecule has 0 unspecified atom stereocenters. The van der Waals surface area contributed by atoms with E-state index in [1.165, 1.54) is 6.08 Å². The molecule has 18 heavy (non-hydrogen) atoms.